The van der Waals surface area contributed by atoms with Gasteiger partial charge in [-0.1, -0.05) is 0 Å². The van der Waals surface area contributed by atoms with Gasteiger partial charge in [-0.25, -0.2) is 0 Å². The van der Waals surface area contributed by atoms with E-state index < -0.39 is 18.3 Å². The van der Waals surface area contributed by atoms with E-state index in [1.54, 1.807) is 0 Å². The van der Waals surface area contributed by atoms with Crippen molar-refractivity contribution in [3.8, 4) is 6.07 Å². The summed E-state index contributed by atoms with van der Waals surface area (Å²) in [7, 11) is 0. The van der Waals surface area contributed by atoms with Crippen LogP contribution in [0.5, 0.6) is 0 Å². The van der Waals surface area contributed by atoms with Crippen LogP contribution in [0.1, 0.15) is 25.7 Å². The zero-order valence-electron chi connectivity index (χ0n) is 8.67. The molecule has 2 rings (SSSR count). The first kappa shape index (κ1) is 11.7. The summed E-state index contributed by atoms with van der Waals surface area (Å²) in [6.45, 7) is -0.927. The summed E-state index contributed by atoms with van der Waals surface area (Å²) >= 11 is 0. The van der Waals surface area contributed by atoms with Gasteiger partial charge in [0.25, 0.3) is 0 Å². The second-order valence-electron chi connectivity index (χ2n) is 4.72. The number of alkyl halides is 3. The third-order valence-electron chi connectivity index (χ3n) is 3.49. The maximum Gasteiger partial charge on any atom is 0.401 e. The summed E-state index contributed by atoms with van der Waals surface area (Å²) in [5, 5.41) is 18.6. The molecule has 0 aliphatic carbocycles. The predicted molar refractivity (Wildman–Crippen MR) is 49.4 cm³/mol. The van der Waals surface area contributed by atoms with Crippen molar-refractivity contribution in [3.63, 3.8) is 0 Å². The highest BCUT2D eigenvalue weighted by Crippen LogP contribution is 2.41. The fraction of sp³-hybridized carbons (Fsp3) is 0.900. The summed E-state index contributed by atoms with van der Waals surface area (Å²) in [5.74, 6) is 0. The van der Waals surface area contributed by atoms with Crippen molar-refractivity contribution in [1.82, 2.24) is 4.90 Å². The lowest BCUT2D eigenvalue weighted by atomic mass is 9.87. The molecule has 6 heteroatoms. The molecule has 16 heavy (non-hydrogen) atoms. The minimum absolute atomic E-state index is 0.135. The Labute approximate surface area is 91.5 Å². The predicted octanol–water partition coefficient (Wildman–Crippen LogP) is 1.43. The Hall–Kier alpha value is -0.800. The van der Waals surface area contributed by atoms with E-state index >= 15 is 0 Å². The van der Waals surface area contributed by atoms with Gasteiger partial charge < -0.3 is 5.11 Å². The molecule has 0 aromatic rings. The van der Waals surface area contributed by atoms with Crippen molar-refractivity contribution in [1.29, 1.82) is 5.26 Å². The normalized spacial score (nSPS) is 39.7. The van der Waals surface area contributed by atoms with Gasteiger partial charge in [0.2, 0.25) is 0 Å². The van der Waals surface area contributed by atoms with Crippen LogP contribution in [0.15, 0.2) is 0 Å². The molecule has 2 bridgehead atoms. The first-order valence-corrected chi connectivity index (χ1v) is 5.29. The minimum atomic E-state index is -4.21. The lowest BCUT2D eigenvalue weighted by molar-refractivity contribution is -0.161. The van der Waals surface area contributed by atoms with Crippen molar-refractivity contribution in [2.45, 2.75) is 49.5 Å². The highest BCUT2D eigenvalue weighted by atomic mass is 19.4. The van der Waals surface area contributed by atoms with Gasteiger partial charge in [0.05, 0.1) is 12.6 Å². The van der Waals surface area contributed by atoms with Gasteiger partial charge in [-0.3, -0.25) is 4.90 Å². The highest BCUT2D eigenvalue weighted by Gasteiger charge is 2.50. The van der Waals surface area contributed by atoms with Crippen LogP contribution in [-0.4, -0.2) is 40.4 Å². The standard InChI is InChI=1S/C10H13F3N2O/c11-10(12,13)6-15-7-1-2-8(15)4-9(16,3-7)5-14/h7-8,16H,1-4,6H2/t7-,8+,9?. The lowest BCUT2D eigenvalue weighted by Gasteiger charge is -2.40. The Bertz CT molecular complexity index is 309. The van der Waals surface area contributed by atoms with Crippen LogP contribution < -0.4 is 0 Å². The molecule has 0 spiro atoms. The maximum absolute atomic E-state index is 12.3. The molecule has 2 saturated heterocycles. The van der Waals surface area contributed by atoms with Gasteiger partial charge in [0.1, 0.15) is 0 Å². The molecule has 0 aromatic carbocycles. The fourth-order valence-corrected chi connectivity index (χ4v) is 2.87. The van der Waals surface area contributed by atoms with E-state index in [1.165, 1.54) is 4.90 Å². The Morgan fingerprint density at radius 2 is 1.81 bits per heavy atom. The van der Waals surface area contributed by atoms with Gasteiger partial charge >= 0.3 is 6.18 Å². The fourth-order valence-electron chi connectivity index (χ4n) is 2.87. The zero-order valence-corrected chi connectivity index (χ0v) is 8.67. The molecule has 1 unspecified atom stereocenters. The molecule has 0 radical (unpaired) electrons. The van der Waals surface area contributed by atoms with Crippen LogP contribution in [0.25, 0.3) is 0 Å². The maximum atomic E-state index is 12.3. The van der Waals surface area contributed by atoms with Crippen molar-refractivity contribution in [3.05, 3.63) is 0 Å². The van der Waals surface area contributed by atoms with E-state index in [-0.39, 0.29) is 24.9 Å². The summed E-state index contributed by atoms with van der Waals surface area (Å²) < 4.78 is 37.0. The number of hydrogen-bond acceptors (Lipinski definition) is 3. The van der Waals surface area contributed by atoms with Gasteiger partial charge in [-0.05, 0) is 12.8 Å². The zero-order chi connectivity index (χ0) is 12.0. The topological polar surface area (TPSA) is 47.3 Å². The molecule has 2 aliphatic heterocycles. The number of nitrogens with zero attached hydrogens (tertiary/aromatic N) is 2. The van der Waals surface area contributed by atoms with E-state index in [0.29, 0.717) is 12.8 Å². The monoisotopic (exact) mass is 234 g/mol. The molecule has 1 N–H and O–H groups in total. The smallest absolute Gasteiger partial charge is 0.375 e. The first-order chi connectivity index (χ1) is 7.33. The second-order valence-corrected chi connectivity index (χ2v) is 4.72. The number of hydrogen-bond donors (Lipinski definition) is 1. The number of halogens is 3. The van der Waals surface area contributed by atoms with E-state index in [2.05, 4.69) is 0 Å². The van der Waals surface area contributed by atoms with Crippen LogP contribution in [0.4, 0.5) is 13.2 Å². The number of aliphatic hydroxyl groups is 1. The number of nitriles is 1. The molecule has 3 atom stereocenters. The molecular formula is C10H13F3N2O. The molecule has 2 fully saturated rings. The third kappa shape index (κ3) is 2.15. The molecular weight excluding hydrogens is 221 g/mol. The summed E-state index contributed by atoms with van der Waals surface area (Å²) in [5.41, 5.74) is -1.42. The average Bonchev–Trinajstić information content (AvgIpc) is 2.42. The van der Waals surface area contributed by atoms with Crippen LogP contribution in [0.2, 0.25) is 0 Å². The molecule has 2 aliphatic rings. The molecule has 0 saturated carbocycles. The van der Waals surface area contributed by atoms with Crippen molar-refractivity contribution in [2.24, 2.45) is 0 Å². The quantitative estimate of drug-likeness (QED) is 0.698. The van der Waals surface area contributed by atoms with Crippen molar-refractivity contribution in [2.75, 3.05) is 6.54 Å². The summed E-state index contributed by atoms with van der Waals surface area (Å²) in [4.78, 5) is 1.39. The van der Waals surface area contributed by atoms with Crippen LogP contribution in [0.3, 0.4) is 0 Å². The van der Waals surface area contributed by atoms with E-state index in [1.807, 2.05) is 6.07 Å². The third-order valence-corrected chi connectivity index (χ3v) is 3.49. The van der Waals surface area contributed by atoms with Crippen molar-refractivity contribution >= 4 is 0 Å². The van der Waals surface area contributed by atoms with E-state index in [0.717, 1.165) is 0 Å². The highest BCUT2D eigenvalue weighted by molar-refractivity contribution is 5.11. The van der Waals surface area contributed by atoms with E-state index in [4.69, 9.17) is 5.26 Å². The Morgan fingerprint density at radius 1 is 1.31 bits per heavy atom. The molecule has 0 aromatic heterocycles. The van der Waals surface area contributed by atoms with Crippen molar-refractivity contribution < 1.29 is 18.3 Å². The molecule has 3 nitrogen and oxygen atoms in total. The molecule has 0 amide bonds. The van der Waals surface area contributed by atoms with Gasteiger partial charge in [-0.2, -0.15) is 18.4 Å². The molecule has 90 valence electrons. The van der Waals surface area contributed by atoms with Gasteiger partial charge in [0, 0.05) is 24.9 Å². The number of rotatable bonds is 1. The summed E-state index contributed by atoms with van der Waals surface area (Å²) in [6, 6.07) is 1.21. The largest absolute Gasteiger partial charge is 0.401 e. The lowest BCUT2D eigenvalue weighted by Crippen LogP contribution is -2.52. The van der Waals surface area contributed by atoms with Crippen LogP contribution in [0, 0.1) is 11.3 Å². The van der Waals surface area contributed by atoms with Crippen LogP contribution in [-0.2, 0) is 0 Å². The number of fused-ring (bicyclic) bond motifs is 2. The SMILES string of the molecule is N#CC1(O)C[C@H]2CC[C@@H](C1)N2CC(F)(F)F. The summed E-state index contributed by atoms with van der Waals surface area (Å²) in [6.07, 6.45) is -2.65. The first-order valence-electron chi connectivity index (χ1n) is 5.29. The second kappa shape index (κ2) is 3.60. The van der Waals surface area contributed by atoms with Gasteiger partial charge in [0.15, 0.2) is 5.60 Å². The van der Waals surface area contributed by atoms with Crippen LogP contribution >= 0.6 is 0 Å². The number of piperidine rings is 1. The Kier molecular flexibility index (Phi) is 2.63. The Morgan fingerprint density at radius 3 is 2.19 bits per heavy atom. The minimum Gasteiger partial charge on any atom is -0.375 e. The Balaban J connectivity index is 2.09. The molecule has 2 heterocycles. The average molecular weight is 234 g/mol. The van der Waals surface area contributed by atoms with Gasteiger partial charge in [-0.15, -0.1) is 0 Å². The van der Waals surface area contributed by atoms with E-state index in [9.17, 15) is 18.3 Å².